The van der Waals surface area contributed by atoms with E-state index < -0.39 is 11.5 Å². The highest BCUT2D eigenvalue weighted by Gasteiger charge is 2.29. The minimum atomic E-state index is -0.965. The van der Waals surface area contributed by atoms with E-state index in [0.29, 0.717) is 19.1 Å². The van der Waals surface area contributed by atoms with Crippen LogP contribution in [0.1, 0.15) is 74.7 Å². The molecule has 0 aliphatic rings. The van der Waals surface area contributed by atoms with Crippen molar-refractivity contribution in [1.82, 2.24) is 5.32 Å². The van der Waals surface area contributed by atoms with Crippen LogP contribution in [0.15, 0.2) is 0 Å². The molecule has 0 aliphatic carbocycles. The van der Waals surface area contributed by atoms with Crippen LogP contribution < -0.4 is 5.32 Å². The van der Waals surface area contributed by atoms with Gasteiger partial charge in [-0.25, -0.2) is 0 Å². The van der Waals surface area contributed by atoms with Crippen LogP contribution in [0, 0.1) is 11.8 Å². The molecule has 6 heteroatoms. The van der Waals surface area contributed by atoms with Gasteiger partial charge in [-0.1, -0.05) is 13.8 Å². The van der Waals surface area contributed by atoms with Crippen molar-refractivity contribution in [2.24, 2.45) is 11.8 Å². The number of carbonyl (C=O) groups is 2. The average Bonchev–Trinajstić information content (AvgIpc) is 2.48. The number of carboxylic acids is 1. The predicted octanol–water partition coefficient (Wildman–Crippen LogP) is 3.63. The van der Waals surface area contributed by atoms with Crippen molar-refractivity contribution in [3.05, 3.63) is 0 Å². The summed E-state index contributed by atoms with van der Waals surface area (Å²) in [5.74, 6) is -0.743. The smallest absolute Gasteiger partial charge is 0.303 e. The fourth-order valence-corrected chi connectivity index (χ4v) is 2.22. The van der Waals surface area contributed by atoms with Crippen LogP contribution in [0.5, 0.6) is 0 Å². The van der Waals surface area contributed by atoms with Crippen molar-refractivity contribution in [2.45, 2.75) is 91.9 Å². The van der Waals surface area contributed by atoms with Crippen LogP contribution in [0.25, 0.3) is 0 Å². The van der Waals surface area contributed by atoms with Gasteiger partial charge in [0.2, 0.25) is 5.91 Å². The van der Waals surface area contributed by atoms with Crippen molar-refractivity contribution in [3.63, 3.8) is 0 Å². The van der Waals surface area contributed by atoms with E-state index in [2.05, 4.69) is 19.2 Å². The van der Waals surface area contributed by atoms with Crippen LogP contribution in [-0.4, -0.2) is 47.4 Å². The van der Waals surface area contributed by atoms with Gasteiger partial charge in [0.05, 0.1) is 24.7 Å². The molecule has 0 fully saturated rings. The summed E-state index contributed by atoms with van der Waals surface area (Å²) in [4.78, 5) is 22.4. The minimum absolute atomic E-state index is 0.00639. The van der Waals surface area contributed by atoms with Gasteiger partial charge in [0.15, 0.2) is 0 Å². The second kappa shape index (κ2) is 10.9. The molecule has 154 valence electrons. The van der Waals surface area contributed by atoms with Crippen molar-refractivity contribution >= 4 is 11.9 Å². The molecule has 6 nitrogen and oxygen atoms in total. The summed E-state index contributed by atoms with van der Waals surface area (Å²) >= 11 is 0. The Morgan fingerprint density at radius 1 is 1.04 bits per heavy atom. The van der Waals surface area contributed by atoms with E-state index in [-0.39, 0.29) is 36.4 Å². The Morgan fingerprint density at radius 2 is 1.62 bits per heavy atom. The zero-order chi connectivity index (χ0) is 20.5. The molecule has 0 heterocycles. The summed E-state index contributed by atoms with van der Waals surface area (Å²) in [6, 6.07) is 0. The molecule has 0 spiro atoms. The molecule has 0 saturated heterocycles. The van der Waals surface area contributed by atoms with Crippen LogP contribution in [0.3, 0.4) is 0 Å². The Kier molecular flexibility index (Phi) is 10.4. The molecular weight excluding hydrogens is 334 g/mol. The predicted molar refractivity (Wildman–Crippen MR) is 103 cm³/mol. The molecule has 2 N–H and O–H groups in total. The normalized spacial score (nSPS) is 16.0. The maximum absolute atomic E-state index is 11.9. The minimum Gasteiger partial charge on any atom is -0.481 e. The Labute approximate surface area is 159 Å². The lowest BCUT2D eigenvalue weighted by molar-refractivity contribution is -0.139. The first-order valence-electron chi connectivity index (χ1n) is 9.53. The fourth-order valence-electron chi connectivity index (χ4n) is 2.22. The number of carboxylic acid groups (broad SMARTS) is 1. The van der Waals surface area contributed by atoms with Gasteiger partial charge in [0.1, 0.15) is 0 Å². The van der Waals surface area contributed by atoms with Gasteiger partial charge < -0.3 is 19.9 Å². The highest BCUT2D eigenvalue weighted by atomic mass is 16.5. The lowest BCUT2D eigenvalue weighted by Crippen LogP contribution is -2.50. The van der Waals surface area contributed by atoms with Gasteiger partial charge in [-0.05, 0) is 53.9 Å². The molecule has 3 atom stereocenters. The molecule has 0 aromatic carbocycles. The van der Waals surface area contributed by atoms with Crippen molar-refractivity contribution < 1.29 is 24.2 Å². The second-order valence-electron chi connectivity index (χ2n) is 8.83. The lowest BCUT2D eigenvalue weighted by atomic mass is 9.89. The van der Waals surface area contributed by atoms with E-state index in [4.69, 9.17) is 14.6 Å². The van der Waals surface area contributed by atoms with E-state index in [0.717, 1.165) is 6.42 Å². The van der Waals surface area contributed by atoms with Crippen LogP contribution in [0.4, 0.5) is 0 Å². The van der Waals surface area contributed by atoms with Gasteiger partial charge in [0, 0.05) is 24.5 Å². The molecule has 0 aliphatic heterocycles. The largest absolute Gasteiger partial charge is 0.481 e. The van der Waals surface area contributed by atoms with Crippen LogP contribution in [-0.2, 0) is 19.1 Å². The Hall–Kier alpha value is -1.14. The summed E-state index contributed by atoms with van der Waals surface area (Å²) in [5, 5.41) is 11.6. The Morgan fingerprint density at radius 3 is 2.12 bits per heavy atom. The van der Waals surface area contributed by atoms with E-state index in [9.17, 15) is 9.59 Å². The summed E-state index contributed by atoms with van der Waals surface area (Å²) in [6.07, 6.45) is 0.868. The van der Waals surface area contributed by atoms with Crippen LogP contribution in [0.2, 0.25) is 0 Å². The van der Waals surface area contributed by atoms with Gasteiger partial charge in [-0.15, -0.1) is 0 Å². The number of carbonyl (C=O) groups excluding carboxylic acids is 1. The SMILES string of the molecule is CC(CCOC(C)(C)C)C(C)OCC(C)C(C)(C)NC(=O)CCC(=O)O. The molecule has 0 aromatic rings. The molecule has 0 radical (unpaired) electrons. The Balaban J connectivity index is 4.28. The number of rotatable bonds is 12. The number of ether oxygens (including phenoxy) is 2. The van der Waals surface area contributed by atoms with Gasteiger partial charge in [-0.3, -0.25) is 9.59 Å². The first kappa shape index (κ1) is 24.9. The molecule has 0 aromatic heterocycles. The van der Waals surface area contributed by atoms with E-state index in [1.807, 2.05) is 41.5 Å². The quantitative estimate of drug-likeness (QED) is 0.546. The first-order chi connectivity index (χ1) is 11.7. The van der Waals surface area contributed by atoms with Crippen LogP contribution >= 0.6 is 0 Å². The van der Waals surface area contributed by atoms with Gasteiger partial charge >= 0.3 is 5.97 Å². The molecular formula is C20H39NO5. The molecule has 0 rings (SSSR count). The zero-order valence-electron chi connectivity index (χ0n) is 17.8. The molecule has 3 unspecified atom stereocenters. The van der Waals surface area contributed by atoms with Gasteiger partial charge in [0.25, 0.3) is 0 Å². The summed E-state index contributed by atoms with van der Waals surface area (Å²) in [5.41, 5.74) is -0.588. The third kappa shape index (κ3) is 11.5. The lowest BCUT2D eigenvalue weighted by Gasteiger charge is -2.34. The van der Waals surface area contributed by atoms with Crippen molar-refractivity contribution in [3.8, 4) is 0 Å². The summed E-state index contributed by atoms with van der Waals surface area (Å²) in [6.45, 7) is 17.5. The van der Waals surface area contributed by atoms with E-state index >= 15 is 0 Å². The fraction of sp³-hybridized carbons (Fsp3) is 0.900. The molecule has 26 heavy (non-hydrogen) atoms. The number of amides is 1. The van der Waals surface area contributed by atoms with Crippen molar-refractivity contribution in [1.29, 1.82) is 0 Å². The monoisotopic (exact) mass is 373 g/mol. The van der Waals surface area contributed by atoms with Crippen molar-refractivity contribution in [2.75, 3.05) is 13.2 Å². The number of aliphatic carboxylic acids is 1. The highest BCUT2D eigenvalue weighted by Crippen LogP contribution is 2.20. The van der Waals surface area contributed by atoms with E-state index in [1.54, 1.807) is 0 Å². The average molecular weight is 374 g/mol. The van der Waals surface area contributed by atoms with Gasteiger partial charge in [-0.2, -0.15) is 0 Å². The number of hydrogen-bond acceptors (Lipinski definition) is 4. The summed E-state index contributed by atoms with van der Waals surface area (Å²) < 4.78 is 11.8. The highest BCUT2D eigenvalue weighted by molar-refractivity contribution is 5.81. The third-order valence-electron chi connectivity index (χ3n) is 4.78. The topological polar surface area (TPSA) is 84.9 Å². The molecule has 1 amide bonds. The number of hydrogen-bond donors (Lipinski definition) is 2. The second-order valence-corrected chi connectivity index (χ2v) is 8.83. The Bertz CT molecular complexity index is 442. The first-order valence-corrected chi connectivity index (χ1v) is 9.53. The molecule has 0 bridgehead atoms. The maximum atomic E-state index is 11.9. The maximum Gasteiger partial charge on any atom is 0.303 e. The van der Waals surface area contributed by atoms with E-state index in [1.165, 1.54) is 0 Å². The number of nitrogens with one attached hydrogen (secondary N) is 1. The third-order valence-corrected chi connectivity index (χ3v) is 4.78. The summed E-state index contributed by atoms with van der Waals surface area (Å²) in [7, 11) is 0. The zero-order valence-corrected chi connectivity index (χ0v) is 17.8. The standard InChI is InChI=1S/C20H39NO5/c1-14(11-12-26-19(4,5)6)16(3)25-13-15(2)20(7,8)21-17(22)9-10-18(23)24/h14-16H,9-13H2,1-8H3,(H,21,22)(H,23,24). The molecule has 0 saturated carbocycles.